The van der Waals surface area contributed by atoms with Crippen LogP contribution in [0.4, 0.5) is 5.69 Å². The molecule has 32 heavy (non-hydrogen) atoms. The predicted octanol–water partition coefficient (Wildman–Crippen LogP) is 2.20. The molecule has 5 aromatic heterocycles. The third kappa shape index (κ3) is 3.81. The van der Waals surface area contributed by atoms with Gasteiger partial charge in [0, 0.05) is 31.1 Å². The second-order valence-electron chi connectivity index (χ2n) is 7.04. The second-order valence-corrected chi connectivity index (χ2v) is 7.04. The maximum atomic E-state index is 5.23. The summed E-state index contributed by atoms with van der Waals surface area (Å²) in [6, 6.07) is 7.52. The van der Waals surface area contributed by atoms with E-state index in [4.69, 9.17) is 14.6 Å². The maximum Gasteiger partial charge on any atom is 0.178 e. The van der Waals surface area contributed by atoms with Crippen LogP contribution in [-0.4, -0.2) is 60.4 Å². The molecular weight excluding hydrogens is 410 g/mol. The Bertz CT molecular complexity index is 1380. The minimum absolute atomic E-state index is 0.414. The van der Waals surface area contributed by atoms with Crippen LogP contribution in [0.2, 0.25) is 0 Å². The van der Waals surface area contributed by atoms with Gasteiger partial charge < -0.3 is 14.8 Å². The van der Waals surface area contributed by atoms with Gasteiger partial charge in [-0.1, -0.05) is 0 Å². The van der Waals surface area contributed by atoms with Crippen molar-refractivity contribution >= 4 is 22.4 Å². The Hall–Kier alpha value is -4.12. The molecule has 5 aromatic rings. The first-order valence-electron chi connectivity index (χ1n) is 10.0. The van der Waals surface area contributed by atoms with Crippen LogP contribution >= 0.6 is 0 Å². The zero-order chi connectivity index (χ0) is 21.9. The molecule has 0 radical (unpaired) electrons. The number of ether oxygens (including phenoxy) is 2. The van der Waals surface area contributed by atoms with E-state index in [0.29, 0.717) is 36.9 Å². The van der Waals surface area contributed by atoms with Crippen molar-refractivity contribution in [2.75, 3.05) is 26.1 Å². The molecule has 0 aliphatic rings. The molecule has 0 spiro atoms. The third-order valence-electron chi connectivity index (χ3n) is 5.01. The number of methoxy groups -OCH3 is 2. The van der Waals surface area contributed by atoms with Gasteiger partial charge in [-0.05, 0) is 18.2 Å². The molecule has 0 unspecified atom stereocenters. The van der Waals surface area contributed by atoms with Crippen LogP contribution in [0.3, 0.4) is 0 Å². The number of hydrogen-bond acceptors (Lipinski definition) is 9. The van der Waals surface area contributed by atoms with Gasteiger partial charge in [0.2, 0.25) is 0 Å². The van der Waals surface area contributed by atoms with Gasteiger partial charge in [0.1, 0.15) is 11.3 Å². The standard InChI is InChI=1S/C21H21N9O2/c1-31-8-7-29-13-14(10-25-29)16-3-4-19-26-27-20(30(19)28-16)12-23-17-5-6-22-18-9-15(32-2)11-24-21(17)18/h3-6,9-11,13H,7-8,12H2,1-2H3,(H,22,23). The Morgan fingerprint density at radius 3 is 2.88 bits per heavy atom. The number of fused-ring (bicyclic) bond motifs is 2. The summed E-state index contributed by atoms with van der Waals surface area (Å²) in [7, 11) is 3.27. The van der Waals surface area contributed by atoms with Crippen LogP contribution in [0, 0.1) is 0 Å². The van der Waals surface area contributed by atoms with E-state index in [1.165, 1.54) is 0 Å². The topological polar surface area (TPSA) is 117 Å². The van der Waals surface area contributed by atoms with Gasteiger partial charge in [0.25, 0.3) is 0 Å². The highest BCUT2D eigenvalue weighted by molar-refractivity contribution is 5.87. The van der Waals surface area contributed by atoms with Crippen LogP contribution in [0.15, 0.2) is 49.1 Å². The van der Waals surface area contributed by atoms with Crippen molar-refractivity contribution in [1.29, 1.82) is 0 Å². The van der Waals surface area contributed by atoms with E-state index in [0.717, 1.165) is 28.0 Å². The number of pyridine rings is 2. The smallest absolute Gasteiger partial charge is 0.178 e. The lowest BCUT2D eigenvalue weighted by Crippen LogP contribution is -2.07. The van der Waals surface area contributed by atoms with Gasteiger partial charge in [-0.3, -0.25) is 9.67 Å². The number of rotatable bonds is 8. The normalized spacial score (nSPS) is 11.3. The lowest BCUT2D eigenvalue weighted by Gasteiger charge is -2.08. The van der Waals surface area contributed by atoms with Gasteiger partial charge in [0.15, 0.2) is 11.5 Å². The number of anilines is 1. The number of nitrogens with zero attached hydrogens (tertiary/aromatic N) is 8. The Kier molecular flexibility index (Phi) is 5.30. The van der Waals surface area contributed by atoms with Gasteiger partial charge >= 0.3 is 0 Å². The second kappa shape index (κ2) is 8.55. The monoisotopic (exact) mass is 431 g/mol. The van der Waals surface area contributed by atoms with E-state index in [2.05, 4.69) is 30.6 Å². The highest BCUT2D eigenvalue weighted by Gasteiger charge is 2.11. The van der Waals surface area contributed by atoms with Gasteiger partial charge in [0.05, 0.1) is 56.1 Å². The minimum atomic E-state index is 0.414. The maximum absolute atomic E-state index is 5.23. The summed E-state index contributed by atoms with van der Waals surface area (Å²) < 4.78 is 13.9. The molecular formula is C21H21N9O2. The van der Waals surface area contributed by atoms with Crippen LogP contribution in [0.5, 0.6) is 5.75 Å². The molecule has 0 saturated heterocycles. The molecule has 5 heterocycles. The predicted molar refractivity (Wildman–Crippen MR) is 117 cm³/mol. The highest BCUT2D eigenvalue weighted by atomic mass is 16.5. The first-order chi connectivity index (χ1) is 15.7. The average molecular weight is 431 g/mol. The van der Waals surface area contributed by atoms with E-state index < -0.39 is 0 Å². The molecule has 0 aliphatic carbocycles. The van der Waals surface area contributed by atoms with Crippen LogP contribution in [0.1, 0.15) is 5.82 Å². The first kappa shape index (κ1) is 19.8. The van der Waals surface area contributed by atoms with Gasteiger partial charge in [-0.25, -0.2) is 4.98 Å². The quantitative estimate of drug-likeness (QED) is 0.394. The molecule has 11 nitrogen and oxygen atoms in total. The molecule has 0 aromatic carbocycles. The fourth-order valence-electron chi connectivity index (χ4n) is 3.34. The van der Waals surface area contributed by atoms with Crippen LogP contribution in [0.25, 0.3) is 27.9 Å². The van der Waals surface area contributed by atoms with Crippen molar-refractivity contribution in [1.82, 2.24) is 39.6 Å². The summed E-state index contributed by atoms with van der Waals surface area (Å²) in [6.45, 7) is 1.69. The third-order valence-corrected chi connectivity index (χ3v) is 5.01. The summed E-state index contributed by atoms with van der Waals surface area (Å²) >= 11 is 0. The van der Waals surface area contributed by atoms with Crippen molar-refractivity contribution < 1.29 is 9.47 Å². The largest absolute Gasteiger partial charge is 0.495 e. The molecule has 0 atom stereocenters. The van der Waals surface area contributed by atoms with E-state index in [9.17, 15) is 0 Å². The van der Waals surface area contributed by atoms with E-state index in [1.54, 1.807) is 37.3 Å². The van der Waals surface area contributed by atoms with Gasteiger partial charge in [-0.15, -0.1) is 10.2 Å². The average Bonchev–Trinajstić information content (AvgIpc) is 3.47. The summed E-state index contributed by atoms with van der Waals surface area (Å²) in [5.74, 6) is 1.33. The zero-order valence-electron chi connectivity index (χ0n) is 17.6. The van der Waals surface area contributed by atoms with Crippen LogP contribution < -0.4 is 10.1 Å². The number of aromatic nitrogens is 8. The molecule has 0 fully saturated rings. The fourth-order valence-corrected chi connectivity index (χ4v) is 3.34. The molecule has 0 amide bonds. The SMILES string of the molecule is COCCn1cc(-c2ccc3nnc(CNc4ccnc5cc(OC)cnc45)n3n2)cn1. The summed E-state index contributed by atoms with van der Waals surface area (Å²) in [6.07, 6.45) is 7.13. The van der Waals surface area contributed by atoms with Crippen molar-refractivity contribution in [3.8, 4) is 17.0 Å². The molecule has 0 saturated carbocycles. The molecule has 162 valence electrons. The van der Waals surface area contributed by atoms with Crippen LogP contribution in [-0.2, 0) is 17.8 Å². The highest BCUT2D eigenvalue weighted by Crippen LogP contribution is 2.23. The van der Waals surface area contributed by atoms with Crippen molar-refractivity contribution in [2.45, 2.75) is 13.1 Å². The number of nitrogens with one attached hydrogen (secondary N) is 1. The Morgan fingerprint density at radius 2 is 2.00 bits per heavy atom. The van der Waals surface area contributed by atoms with E-state index in [1.807, 2.05) is 35.1 Å². The van der Waals surface area contributed by atoms with E-state index in [-0.39, 0.29) is 0 Å². The van der Waals surface area contributed by atoms with Crippen molar-refractivity contribution in [2.24, 2.45) is 0 Å². The zero-order valence-corrected chi connectivity index (χ0v) is 17.6. The lowest BCUT2D eigenvalue weighted by molar-refractivity contribution is 0.183. The van der Waals surface area contributed by atoms with Crippen molar-refractivity contribution in [3.63, 3.8) is 0 Å². The molecule has 1 N–H and O–H groups in total. The minimum Gasteiger partial charge on any atom is -0.495 e. The fraction of sp³-hybridized carbons (Fsp3) is 0.238. The van der Waals surface area contributed by atoms with Gasteiger partial charge in [-0.2, -0.15) is 14.7 Å². The molecule has 0 bridgehead atoms. The Labute approximate surface area is 183 Å². The summed E-state index contributed by atoms with van der Waals surface area (Å²) in [4.78, 5) is 8.83. The first-order valence-corrected chi connectivity index (χ1v) is 10.0. The lowest BCUT2D eigenvalue weighted by atomic mass is 10.2. The molecule has 11 heteroatoms. The number of hydrogen-bond donors (Lipinski definition) is 1. The van der Waals surface area contributed by atoms with E-state index >= 15 is 0 Å². The molecule has 5 rings (SSSR count). The Morgan fingerprint density at radius 1 is 1.06 bits per heavy atom. The summed E-state index contributed by atoms with van der Waals surface area (Å²) in [5.41, 5.74) is 4.69. The summed E-state index contributed by atoms with van der Waals surface area (Å²) in [5, 5.41) is 21.0. The Balaban J connectivity index is 1.40. The molecule has 0 aliphatic heterocycles. The van der Waals surface area contributed by atoms with Crippen molar-refractivity contribution in [3.05, 3.63) is 54.9 Å².